The van der Waals surface area contributed by atoms with Crippen LogP contribution in [0.25, 0.3) is 0 Å². The molecule has 0 fully saturated rings. The van der Waals surface area contributed by atoms with Crippen molar-refractivity contribution < 1.29 is 13.9 Å². The molecule has 0 aromatic carbocycles. The molecule has 0 radical (unpaired) electrons. The van der Waals surface area contributed by atoms with Gasteiger partial charge in [0.15, 0.2) is 0 Å². The van der Waals surface area contributed by atoms with Gasteiger partial charge in [0.1, 0.15) is 6.26 Å². The second-order valence-electron chi connectivity index (χ2n) is 4.14. The number of hydrogen-bond donors (Lipinski definition) is 1. The number of rotatable bonds is 9. The van der Waals surface area contributed by atoms with E-state index in [1.807, 2.05) is 11.9 Å². The number of oxazole rings is 1. The third kappa shape index (κ3) is 4.29. The first-order valence-electron chi connectivity index (χ1n) is 6.06. The zero-order chi connectivity index (χ0) is 13.4. The van der Waals surface area contributed by atoms with Gasteiger partial charge in [-0.25, -0.2) is 0 Å². The highest BCUT2D eigenvalue weighted by atomic mass is 16.5. The molecule has 0 saturated heterocycles. The molecule has 0 saturated carbocycles. The van der Waals surface area contributed by atoms with Crippen molar-refractivity contribution in [3.63, 3.8) is 0 Å². The topological polar surface area (TPSA) is 59.8 Å². The van der Waals surface area contributed by atoms with Crippen molar-refractivity contribution in [1.82, 2.24) is 10.3 Å². The van der Waals surface area contributed by atoms with Gasteiger partial charge in [-0.2, -0.15) is 4.98 Å². The first-order valence-corrected chi connectivity index (χ1v) is 6.06. The van der Waals surface area contributed by atoms with E-state index in [1.165, 1.54) is 0 Å². The minimum absolute atomic E-state index is 0.186. The van der Waals surface area contributed by atoms with Crippen molar-refractivity contribution in [2.45, 2.75) is 19.5 Å². The molecule has 1 N–H and O–H groups in total. The molecule has 0 aliphatic heterocycles. The standard InChI is InChI=1S/C12H23N3O3/c1-10(8-17-4)15(5-6-16-3)12-14-11(7-13-2)9-18-12/h9-10,13H,5-8H2,1-4H3. The molecule has 1 aromatic heterocycles. The molecule has 0 aliphatic rings. The zero-order valence-electron chi connectivity index (χ0n) is 11.6. The zero-order valence-corrected chi connectivity index (χ0v) is 11.6. The summed E-state index contributed by atoms with van der Waals surface area (Å²) in [7, 11) is 5.25. The van der Waals surface area contributed by atoms with Crippen molar-refractivity contribution >= 4 is 6.01 Å². The summed E-state index contributed by atoms with van der Waals surface area (Å²) in [6.07, 6.45) is 1.67. The van der Waals surface area contributed by atoms with E-state index in [9.17, 15) is 0 Å². The highest BCUT2D eigenvalue weighted by molar-refractivity contribution is 5.28. The quantitative estimate of drug-likeness (QED) is 0.708. The van der Waals surface area contributed by atoms with Crippen LogP contribution in [0.3, 0.4) is 0 Å². The van der Waals surface area contributed by atoms with E-state index in [0.717, 1.165) is 12.2 Å². The van der Waals surface area contributed by atoms with E-state index in [2.05, 4.69) is 17.2 Å². The summed E-state index contributed by atoms with van der Waals surface area (Å²) in [4.78, 5) is 6.49. The largest absolute Gasteiger partial charge is 0.432 e. The van der Waals surface area contributed by atoms with Gasteiger partial charge < -0.3 is 24.1 Å². The molecular formula is C12H23N3O3. The SMILES string of the molecule is CNCc1coc(N(CCOC)C(C)COC)n1. The van der Waals surface area contributed by atoms with Gasteiger partial charge in [0.05, 0.1) is 24.9 Å². The van der Waals surface area contributed by atoms with E-state index >= 15 is 0 Å². The van der Waals surface area contributed by atoms with Crippen molar-refractivity contribution in [3.05, 3.63) is 12.0 Å². The first-order chi connectivity index (χ1) is 8.72. The summed E-state index contributed by atoms with van der Waals surface area (Å²) in [6.45, 7) is 4.73. The lowest BCUT2D eigenvalue weighted by molar-refractivity contribution is 0.168. The van der Waals surface area contributed by atoms with Gasteiger partial charge in [-0.3, -0.25) is 0 Å². The van der Waals surface area contributed by atoms with Crippen molar-refractivity contribution in [2.24, 2.45) is 0 Å². The molecule has 1 aromatic rings. The molecule has 104 valence electrons. The van der Waals surface area contributed by atoms with Gasteiger partial charge in [-0.15, -0.1) is 0 Å². The van der Waals surface area contributed by atoms with E-state index in [4.69, 9.17) is 13.9 Å². The van der Waals surface area contributed by atoms with Crippen molar-refractivity contribution in [3.8, 4) is 0 Å². The van der Waals surface area contributed by atoms with Crippen LogP contribution >= 0.6 is 0 Å². The van der Waals surface area contributed by atoms with Crippen LogP contribution in [0.4, 0.5) is 6.01 Å². The fourth-order valence-electron chi connectivity index (χ4n) is 1.72. The molecule has 6 nitrogen and oxygen atoms in total. The fraction of sp³-hybridized carbons (Fsp3) is 0.750. The fourth-order valence-corrected chi connectivity index (χ4v) is 1.72. The molecule has 18 heavy (non-hydrogen) atoms. The number of aromatic nitrogens is 1. The van der Waals surface area contributed by atoms with Crippen LogP contribution in [0.2, 0.25) is 0 Å². The van der Waals surface area contributed by atoms with Gasteiger partial charge in [0, 0.05) is 27.3 Å². The third-order valence-electron chi connectivity index (χ3n) is 2.62. The second kappa shape index (κ2) is 8.07. The number of anilines is 1. The normalized spacial score (nSPS) is 12.7. The molecule has 0 amide bonds. The Morgan fingerprint density at radius 1 is 1.44 bits per heavy atom. The monoisotopic (exact) mass is 257 g/mol. The third-order valence-corrected chi connectivity index (χ3v) is 2.62. The van der Waals surface area contributed by atoms with Crippen molar-refractivity contribution in [1.29, 1.82) is 0 Å². The summed E-state index contributed by atoms with van der Waals surface area (Å²) in [6, 6.07) is 0.799. The Kier molecular flexibility index (Phi) is 6.70. The van der Waals surface area contributed by atoms with Gasteiger partial charge in [-0.05, 0) is 14.0 Å². The molecule has 1 unspecified atom stereocenters. The predicted molar refractivity (Wildman–Crippen MR) is 69.8 cm³/mol. The highest BCUT2D eigenvalue weighted by Gasteiger charge is 2.19. The Bertz CT molecular complexity index is 330. The Hall–Kier alpha value is -1.11. The minimum atomic E-state index is 0.186. The summed E-state index contributed by atoms with van der Waals surface area (Å²) < 4.78 is 15.8. The minimum Gasteiger partial charge on any atom is -0.432 e. The number of hydrogen-bond acceptors (Lipinski definition) is 6. The molecule has 1 heterocycles. The van der Waals surface area contributed by atoms with E-state index in [1.54, 1.807) is 20.5 Å². The Morgan fingerprint density at radius 2 is 2.22 bits per heavy atom. The van der Waals surface area contributed by atoms with Crippen LogP contribution in [0.15, 0.2) is 10.7 Å². The van der Waals surface area contributed by atoms with Gasteiger partial charge >= 0.3 is 0 Å². The summed E-state index contributed by atoms with van der Waals surface area (Å²) in [5, 5.41) is 3.04. The molecule has 1 rings (SSSR count). The van der Waals surface area contributed by atoms with Crippen LogP contribution < -0.4 is 10.2 Å². The molecule has 0 bridgehead atoms. The number of methoxy groups -OCH3 is 2. The molecule has 0 spiro atoms. The summed E-state index contributed by atoms with van der Waals surface area (Å²) >= 11 is 0. The van der Waals surface area contributed by atoms with Gasteiger partial charge in [0.25, 0.3) is 6.01 Å². The second-order valence-corrected chi connectivity index (χ2v) is 4.14. The summed E-state index contributed by atoms with van der Waals surface area (Å²) in [5.41, 5.74) is 0.888. The van der Waals surface area contributed by atoms with Crippen molar-refractivity contribution in [2.75, 3.05) is 45.9 Å². The van der Waals surface area contributed by atoms with Crippen LogP contribution in [0.5, 0.6) is 0 Å². The number of nitrogens with zero attached hydrogens (tertiary/aromatic N) is 2. The van der Waals surface area contributed by atoms with E-state index in [0.29, 0.717) is 25.8 Å². The Labute approximate surface area is 108 Å². The maximum atomic E-state index is 5.51. The molecule has 1 atom stereocenters. The number of ether oxygens (including phenoxy) is 2. The van der Waals surface area contributed by atoms with Gasteiger partial charge in [0.2, 0.25) is 0 Å². The van der Waals surface area contributed by atoms with Gasteiger partial charge in [-0.1, -0.05) is 0 Å². The summed E-state index contributed by atoms with van der Waals surface area (Å²) in [5.74, 6) is 0. The average molecular weight is 257 g/mol. The van der Waals surface area contributed by atoms with E-state index in [-0.39, 0.29) is 6.04 Å². The lowest BCUT2D eigenvalue weighted by Gasteiger charge is -2.26. The van der Waals surface area contributed by atoms with E-state index < -0.39 is 0 Å². The van der Waals surface area contributed by atoms with Crippen LogP contribution in [-0.2, 0) is 16.0 Å². The van der Waals surface area contributed by atoms with Crippen LogP contribution in [-0.4, -0.2) is 52.1 Å². The number of nitrogens with one attached hydrogen (secondary N) is 1. The first kappa shape index (κ1) is 14.9. The maximum absolute atomic E-state index is 5.51. The predicted octanol–water partition coefficient (Wildman–Crippen LogP) is 0.882. The Morgan fingerprint density at radius 3 is 2.83 bits per heavy atom. The molecular weight excluding hydrogens is 234 g/mol. The molecule has 0 aliphatic carbocycles. The van der Waals surface area contributed by atoms with Crippen LogP contribution in [0.1, 0.15) is 12.6 Å². The average Bonchev–Trinajstić information content (AvgIpc) is 2.79. The molecule has 6 heteroatoms. The highest BCUT2D eigenvalue weighted by Crippen LogP contribution is 2.16. The Balaban J connectivity index is 2.72. The maximum Gasteiger partial charge on any atom is 0.297 e. The lowest BCUT2D eigenvalue weighted by atomic mass is 10.3. The lowest BCUT2D eigenvalue weighted by Crippen LogP contribution is -2.39. The van der Waals surface area contributed by atoms with Crippen LogP contribution in [0, 0.1) is 0 Å². The smallest absolute Gasteiger partial charge is 0.297 e.